The molecule has 4 rings (SSSR count). The van der Waals surface area contributed by atoms with Gasteiger partial charge in [0.15, 0.2) is 0 Å². The summed E-state index contributed by atoms with van der Waals surface area (Å²) in [5.74, 6) is 3.11. The van der Waals surface area contributed by atoms with E-state index < -0.39 is 0 Å². The highest BCUT2D eigenvalue weighted by molar-refractivity contribution is 5.85. The number of hydrogen-bond donors (Lipinski definition) is 2. The largest absolute Gasteiger partial charge is 0.411 e. The number of rotatable bonds is 0. The third-order valence-corrected chi connectivity index (χ3v) is 8.59. The lowest BCUT2D eigenvalue weighted by atomic mass is 9.45. The van der Waals surface area contributed by atoms with Gasteiger partial charge in [0.2, 0.25) is 0 Å². The van der Waals surface area contributed by atoms with Gasteiger partial charge in [-0.1, -0.05) is 19.0 Å². The quantitative estimate of drug-likeness (QED) is 0.520. The number of fused-ring (bicyclic) bond motifs is 5. The summed E-state index contributed by atoms with van der Waals surface area (Å²) in [5.41, 5.74) is 1.65. The van der Waals surface area contributed by atoms with Gasteiger partial charge in [0, 0.05) is 0 Å². The van der Waals surface area contributed by atoms with Crippen LogP contribution in [0.1, 0.15) is 71.6 Å². The average Bonchev–Trinajstić information content (AvgIpc) is 2.82. The van der Waals surface area contributed by atoms with Crippen LogP contribution in [-0.2, 0) is 0 Å². The van der Waals surface area contributed by atoms with Crippen molar-refractivity contribution in [3.63, 3.8) is 0 Å². The molecule has 0 bridgehead atoms. The number of aliphatic hydroxyl groups is 1. The monoisotopic (exact) mass is 305 g/mol. The van der Waals surface area contributed by atoms with E-state index in [-0.39, 0.29) is 11.5 Å². The molecule has 3 nitrogen and oxygen atoms in total. The molecular formula is C19H31NO2. The molecule has 22 heavy (non-hydrogen) atoms. The summed E-state index contributed by atoms with van der Waals surface area (Å²) >= 11 is 0. The number of hydrogen-bond acceptors (Lipinski definition) is 3. The van der Waals surface area contributed by atoms with Crippen LogP contribution in [0.4, 0.5) is 0 Å². The van der Waals surface area contributed by atoms with Gasteiger partial charge in [0.25, 0.3) is 0 Å². The molecule has 0 heterocycles. The summed E-state index contributed by atoms with van der Waals surface area (Å²) in [6.45, 7) is 4.88. The first-order chi connectivity index (χ1) is 10.5. The molecule has 124 valence electrons. The van der Waals surface area contributed by atoms with E-state index in [9.17, 15) is 5.11 Å². The minimum absolute atomic E-state index is 0.0662. The van der Waals surface area contributed by atoms with Crippen molar-refractivity contribution in [2.45, 2.75) is 77.7 Å². The highest BCUT2D eigenvalue weighted by Crippen LogP contribution is 2.65. The van der Waals surface area contributed by atoms with E-state index in [0.29, 0.717) is 11.3 Å². The Kier molecular flexibility index (Phi) is 3.38. The molecule has 4 aliphatic rings. The van der Waals surface area contributed by atoms with E-state index in [1.54, 1.807) is 0 Å². The third kappa shape index (κ3) is 1.87. The average molecular weight is 305 g/mol. The lowest BCUT2D eigenvalue weighted by Gasteiger charge is -2.60. The van der Waals surface area contributed by atoms with Crippen molar-refractivity contribution < 1.29 is 10.3 Å². The van der Waals surface area contributed by atoms with Gasteiger partial charge in [-0.25, -0.2) is 0 Å². The smallest absolute Gasteiger partial charge is 0.0596 e. The Labute approximate surface area is 134 Å². The van der Waals surface area contributed by atoms with Gasteiger partial charge < -0.3 is 10.3 Å². The second kappa shape index (κ2) is 4.96. The van der Waals surface area contributed by atoms with Crippen LogP contribution in [0, 0.1) is 34.5 Å². The van der Waals surface area contributed by atoms with Crippen LogP contribution < -0.4 is 0 Å². The maximum atomic E-state index is 10.5. The molecule has 0 aromatic carbocycles. The van der Waals surface area contributed by atoms with Crippen molar-refractivity contribution >= 4 is 5.71 Å². The van der Waals surface area contributed by atoms with Crippen LogP contribution in [-0.4, -0.2) is 22.1 Å². The molecule has 4 fully saturated rings. The lowest BCUT2D eigenvalue weighted by molar-refractivity contribution is -0.112. The summed E-state index contributed by atoms with van der Waals surface area (Å²) in [5, 5.41) is 23.2. The molecule has 0 saturated heterocycles. The van der Waals surface area contributed by atoms with Crippen LogP contribution >= 0.6 is 0 Å². The standard InChI is InChI=1S/C19H31NO2/c1-18-9-7-13(20-22)11-12(18)3-4-14-15-5-6-17(21)19(15,2)10-8-16(14)18/h12,14-17,21-22H,3-11H2,1-2H3/b20-13-/t12-,14+,15+,16+,17+,18-,19+/m0/s1. The van der Waals surface area contributed by atoms with Gasteiger partial charge in [0.05, 0.1) is 11.8 Å². The highest BCUT2D eigenvalue weighted by atomic mass is 16.4. The summed E-state index contributed by atoms with van der Waals surface area (Å²) in [7, 11) is 0. The summed E-state index contributed by atoms with van der Waals surface area (Å²) < 4.78 is 0. The summed E-state index contributed by atoms with van der Waals surface area (Å²) in [6, 6.07) is 0. The summed E-state index contributed by atoms with van der Waals surface area (Å²) in [4.78, 5) is 0. The molecule has 0 radical (unpaired) electrons. The zero-order valence-corrected chi connectivity index (χ0v) is 14.1. The Bertz CT molecular complexity index is 490. The van der Waals surface area contributed by atoms with Crippen LogP contribution in [0.3, 0.4) is 0 Å². The Hall–Kier alpha value is -0.570. The molecular weight excluding hydrogens is 274 g/mol. The zero-order chi connectivity index (χ0) is 15.5. The van der Waals surface area contributed by atoms with Gasteiger partial charge >= 0.3 is 0 Å². The predicted octanol–water partition coefficient (Wildman–Crippen LogP) is 4.22. The number of aliphatic hydroxyl groups excluding tert-OH is 1. The van der Waals surface area contributed by atoms with Crippen molar-refractivity contribution in [3.8, 4) is 0 Å². The predicted molar refractivity (Wildman–Crippen MR) is 87.0 cm³/mol. The lowest BCUT2D eigenvalue weighted by Crippen LogP contribution is -2.54. The van der Waals surface area contributed by atoms with E-state index in [1.807, 2.05) is 0 Å². The second-order valence-corrected chi connectivity index (χ2v) is 9.16. The topological polar surface area (TPSA) is 52.8 Å². The van der Waals surface area contributed by atoms with E-state index in [1.165, 1.54) is 38.5 Å². The van der Waals surface area contributed by atoms with Crippen molar-refractivity contribution in [3.05, 3.63) is 0 Å². The van der Waals surface area contributed by atoms with Crippen LogP contribution in [0.25, 0.3) is 0 Å². The van der Waals surface area contributed by atoms with E-state index >= 15 is 0 Å². The van der Waals surface area contributed by atoms with Crippen LogP contribution in [0.15, 0.2) is 5.16 Å². The minimum atomic E-state index is -0.0662. The zero-order valence-electron chi connectivity index (χ0n) is 14.1. The Morgan fingerprint density at radius 1 is 0.955 bits per heavy atom. The Balaban J connectivity index is 1.62. The van der Waals surface area contributed by atoms with Gasteiger partial charge in [-0.05, 0) is 92.3 Å². The first-order valence-corrected chi connectivity index (χ1v) is 9.37. The normalized spacial score (nSPS) is 56.3. The van der Waals surface area contributed by atoms with Crippen molar-refractivity contribution in [1.82, 2.24) is 0 Å². The molecule has 2 N–H and O–H groups in total. The second-order valence-electron chi connectivity index (χ2n) is 9.16. The van der Waals surface area contributed by atoms with Crippen molar-refractivity contribution in [2.75, 3.05) is 0 Å². The van der Waals surface area contributed by atoms with E-state index in [2.05, 4.69) is 19.0 Å². The fourth-order valence-electron chi connectivity index (χ4n) is 7.12. The van der Waals surface area contributed by atoms with Crippen LogP contribution in [0.5, 0.6) is 0 Å². The Morgan fingerprint density at radius 2 is 1.73 bits per heavy atom. The van der Waals surface area contributed by atoms with Gasteiger partial charge in [-0.15, -0.1) is 0 Å². The summed E-state index contributed by atoms with van der Waals surface area (Å²) in [6.07, 6.45) is 10.5. The Morgan fingerprint density at radius 3 is 2.50 bits per heavy atom. The maximum Gasteiger partial charge on any atom is 0.0596 e. The van der Waals surface area contributed by atoms with Gasteiger partial charge in [-0.3, -0.25) is 0 Å². The molecule has 4 saturated carbocycles. The number of oxime groups is 1. The molecule has 0 aliphatic heterocycles. The minimum Gasteiger partial charge on any atom is -0.411 e. The number of nitrogens with zero attached hydrogens (tertiary/aromatic N) is 1. The fraction of sp³-hybridized carbons (Fsp3) is 0.947. The van der Waals surface area contributed by atoms with Gasteiger partial charge in [-0.2, -0.15) is 0 Å². The van der Waals surface area contributed by atoms with Crippen molar-refractivity contribution in [1.29, 1.82) is 0 Å². The SMILES string of the molecule is C[C@]12CC/C(=N/O)C[C@@H]1CC[C@H]1[C@H]2CC[C@@]2(C)[C@H](O)CC[C@H]12. The van der Waals surface area contributed by atoms with Crippen molar-refractivity contribution in [2.24, 2.45) is 39.7 Å². The first kappa shape index (κ1) is 15.0. The first-order valence-electron chi connectivity index (χ1n) is 9.37. The van der Waals surface area contributed by atoms with Crippen LogP contribution in [0.2, 0.25) is 0 Å². The van der Waals surface area contributed by atoms with E-state index in [0.717, 1.165) is 42.7 Å². The maximum absolute atomic E-state index is 10.5. The molecule has 0 amide bonds. The van der Waals surface area contributed by atoms with Gasteiger partial charge in [0.1, 0.15) is 0 Å². The molecule has 7 atom stereocenters. The van der Waals surface area contributed by atoms with E-state index in [4.69, 9.17) is 5.21 Å². The molecule has 3 heteroatoms. The fourth-order valence-corrected chi connectivity index (χ4v) is 7.12. The molecule has 0 aromatic heterocycles. The molecule has 0 spiro atoms. The molecule has 0 aromatic rings. The third-order valence-electron chi connectivity index (χ3n) is 8.59. The highest BCUT2D eigenvalue weighted by Gasteiger charge is 2.59. The molecule has 0 unspecified atom stereocenters. The molecule has 4 aliphatic carbocycles.